The van der Waals surface area contributed by atoms with Gasteiger partial charge in [0.2, 0.25) is 21.8 Å². The van der Waals surface area contributed by atoms with E-state index in [1.165, 1.54) is 4.31 Å². The van der Waals surface area contributed by atoms with Gasteiger partial charge in [0, 0.05) is 41.5 Å². The smallest absolute Gasteiger partial charge is 0.243 e. The molecule has 0 saturated carbocycles. The number of hydrogen-bond donors (Lipinski definition) is 1. The molecule has 0 aliphatic carbocycles. The van der Waals surface area contributed by atoms with Gasteiger partial charge in [0.1, 0.15) is 6.04 Å². The van der Waals surface area contributed by atoms with Crippen molar-refractivity contribution < 1.29 is 18.0 Å². The van der Waals surface area contributed by atoms with Crippen molar-refractivity contribution in [2.45, 2.75) is 71.5 Å². The molecule has 0 heterocycles. The maximum absolute atomic E-state index is 14.0. The fourth-order valence-corrected chi connectivity index (χ4v) is 6.18. The van der Waals surface area contributed by atoms with Gasteiger partial charge in [-0.1, -0.05) is 78.7 Å². The van der Waals surface area contributed by atoms with E-state index in [2.05, 4.69) is 5.32 Å². The van der Waals surface area contributed by atoms with E-state index in [0.29, 0.717) is 27.7 Å². The summed E-state index contributed by atoms with van der Waals surface area (Å²) in [6.45, 7) is 7.89. The summed E-state index contributed by atoms with van der Waals surface area (Å²) in [4.78, 5) is 29.3. The highest BCUT2D eigenvalue weighted by Gasteiger charge is 2.32. The van der Waals surface area contributed by atoms with Gasteiger partial charge in [-0.15, -0.1) is 0 Å². The molecule has 0 saturated heterocycles. The Bertz CT molecular complexity index is 1490. The van der Waals surface area contributed by atoms with Crippen molar-refractivity contribution in [1.29, 1.82) is 0 Å². The highest BCUT2D eigenvalue weighted by Crippen LogP contribution is 2.25. The van der Waals surface area contributed by atoms with E-state index in [1.807, 2.05) is 70.2 Å². The van der Waals surface area contributed by atoms with Crippen molar-refractivity contribution in [1.82, 2.24) is 10.2 Å². The average Bonchev–Trinajstić information content (AvgIpc) is 2.93. The molecule has 3 rings (SSSR count). The van der Waals surface area contributed by atoms with Crippen LogP contribution in [0.25, 0.3) is 0 Å². The molecule has 0 spiro atoms. The second kappa shape index (κ2) is 15.1. The van der Waals surface area contributed by atoms with Crippen LogP contribution in [0, 0.1) is 0 Å². The van der Waals surface area contributed by atoms with E-state index in [4.69, 9.17) is 23.2 Å². The second-order valence-corrected chi connectivity index (χ2v) is 14.4. The number of aryl methyl sites for hydroxylation is 1. The van der Waals surface area contributed by atoms with E-state index < -0.39 is 21.6 Å². The lowest BCUT2D eigenvalue weighted by atomic mass is 10.00. The molecular weight excluding hydrogens is 605 g/mol. The lowest BCUT2D eigenvalue weighted by Gasteiger charge is -2.34. The van der Waals surface area contributed by atoms with Crippen LogP contribution in [0.15, 0.2) is 72.8 Å². The Labute approximate surface area is 266 Å². The second-order valence-electron chi connectivity index (χ2n) is 11.7. The monoisotopic (exact) mass is 645 g/mol. The molecule has 10 heteroatoms. The minimum Gasteiger partial charge on any atom is -0.350 e. The first-order valence-corrected chi connectivity index (χ1v) is 16.9. The number of nitrogens with zero attached hydrogens (tertiary/aromatic N) is 2. The predicted octanol–water partition coefficient (Wildman–Crippen LogP) is 6.66. The summed E-state index contributed by atoms with van der Waals surface area (Å²) in [5, 5.41) is 3.89. The molecule has 0 radical (unpaired) electrons. The van der Waals surface area contributed by atoms with Crippen molar-refractivity contribution in [3.8, 4) is 0 Å². The molecule has 0 aliphatic rings. The number of halogens is 2. The van der Waals surface area contributed by atoms with E-state index in [9.17, 15) is 18.0 Å². The maximum Gasteiger partial charge on any atom is 0.243 e. The molecule has 43 heavy (non-hydrogen) atoms. The van der Waals surface area contributed by atoms with Crippen LogP contribution in [-0.4, -0.2) is 49.5 Å². The third-order valence-electron chi connectivity index (χ3n) is 6.91. The summed E-state index contributed by atoms with van der Waals surface area (Å²) < 4.78 is 26.7. The van der Waals surface area contributed by atoms with Crippen LogP contribution in [-0.2, 0) is 39.0 Å². The molecule has 1 atom stereocenters. The van der Waals surface area contributed by atoms with Crippen LogP contribution >= 0.6 is 23.2 Å². The highest BCUT2D eigenvalue weighted by molar-refractivity contribution is 7.92. The first-order valence-electron chi connectivity index (χ1n) is 14.3. The van der Waals surface area contributed by atoms with Gasteiger partial charge < -0.3 is 10.2 Å². The van der Waals surface area contributed by atoms with Gasteiger partial charge in [0.25, 0.3) is 0 Å². The van der Waals surface area contributed by atoms with E-state index in [0.717, 1.165) is 23.8 Å². The van der Waals surface area contributed by atoms with Crippen molar-refractivity contribution >= 4 is 50.7 Å². The number of nitrogens with one attached hydrogen (secondary N) is 1. The van der Waals surface area contributed by atoms with Crippen LogP contribution in [0.4, 0.5) is 5.69 Å². The topological polar surface area (TPSA) is 86.8 Å². The fourth-order valence-electron chi connectivity index (χ4n) is 4.74. The summed E-state index contributed by atoms with van der Waals surface area (Å²) in [6.07, 6.45) is 2.57. The summed E-state index contributed by atoms with van der Waals surface area (Å²) in [6, 6.07) is 21.1. The number of amides is 2. The zero-order valence-electron chi connectivity index (χ0n) is 25.4. The number of hydrogen-bond acceptors (Lipinski definition) is 4. The Kier molecular flexibility index (Phi) is 12.1. The zero-order chi connectivity index (χ0) is 31.8. The van der Waals surface area contributed by atoms with Gasteiger partial charge in [0.15, 0.2) is 0 Å². The Morgan fingerprint density at radius 2 is 1.58 bits per heavy atom. The van der Waals surface area contributed by atoms with Crippen LogP contribution in [0.5, 0.6) is 0 Å². The fraction of sp³-hybridized carbons (Fsp3) is 0.394. The third-order valence-corrected chi connectivity index (χ3v) is 8.69. The molecule has 7 nitrogen and oxygen atoms in total. The molecule has 0 aromatic heterocycles. The number of carbonyl (C=O) groups is 2. The number of sulfonamides is 1. The van der Waals surface area contributed by atoms with Gasteiger partial charge in [-0.25, -0.2) is 8.42 Å². The summed E-state index contributed by atoms with van der Waals surface area (Å²) in [5.74, 6) is -0.575. The lowest BCUT2D eigenvalue weighted by Crippen LogP contribution is -2.54. The first-order chi connectivity index (χ1) is 20.2. The third kappa shape index (κ3) is 10.6. The van der Waals surface area contributed by atoms with Crippen LogP contribution < -0.4 is 9.62 Å². The lowest BCUT2D eigenvalue weighted by molar-refractivity contribution is -0.142. The van der Waals surface area contributed by atoms with Gasteiger partial charge >= 0.3 is 0 Å². The van der Waals surface area contributed by atoms with Crippen molar-refractivity contribution in [3.63, 3.8) is 0 Å². The molecule has 2 amide bonds. The number of benzene rings is 3. The number of carbonyl (C=O) groups excluding carboxylic acids is 2. The molecule has 0 aliphatic heterocycles. The molecule has 0 bridgehead atoms. The van der Waals surface area contributed by atoms with Crippen molar-refractivity contribution in [3.05, 3.63) is 99.5 Å². The van der Waals surface area contributed by atoms with Gasteiger partial charge in [0.05, 0.1) is 11.9 Å². The SMILES string of the molecule is CCc1ccc(N(CCCC(=O)N(Cc2ccc(Cl)cc2Cl)C(Cc2ccccc2)C(=O)NC(C)(C)C)S(C)(=O)=O)cc1. The van der Waals surface area contributed by atoms with Gasteiger partial charge in [-0.2, -0.15) is 0 Å². The van der Waals surface area contributed by atoms with Crippen molar-refractivity contribution in [2.24, 2.45) is 0 Å². The molecule has 1 unspecified atom stereocenters. The minimum atomic E-state index is -3.59. The standard InChI is InChI=1S/C33H41Cl2N3O4S/c1-6-24-14-18-28(19-15-24)38(43(5,41)42)20-10-13-31(39)37(23-26-16-17-27(34)22-29(26)35)30(32(40)36-33(2,3)4)21-25-11-8-7-9-12-25/h7-9,11-12,14-19,22,30H,6,10,13,20-21,23H2,1-5H3,(H,36,40). The zero-order valence-corrected chi connectivity index (χ0v) is 27.8. The van der Waals surface area contributed by atoms with E-state index in [-0.39, 0.29) is 37.7 Å². The number of anilines is 1. The largest absolute Gasteiger partial charge is 0.350 e. The number of rotatable bonds is 13. The maximum atomic E-state index is 14.0. The molecular formula is C33H41Cl2N3O4S. The van der Waals surface area contributed by atoms with Crippen LogP contribution in [0.1, 0.15) is 57.2 Å². The predicted molar refractivity (Wildman–Crippen MR) is 176 cm³/mol. The van der Waals surface area contributed by atoms with Crippen LogP contribution in [0.2, 0.25) is 10.0 Å². The molecule has 232 valence electrons. The normalized spacial score (nSPS) is 12.4. The van der Waals surface area contributed by atoms with Crippen molar-refractivity contribution in [2.75, 3.05) is 17.1 Å². The van der Waals surface area contributed by atoms with Gasteiger partial charge in [-0.05, 0) is 74.6 Å². The minimum absolute atomic E-state index is 0.0262. The first kappa shape index (κ1) is 34.4. The molecule has 0 fully saturated rings. The van der Waals surface area contributed by atoms with E-state index >= 15 is 0 Å². The Balaban J connectivity index is 1.92. The van der Waals surface area contributed by atoms with Crippen LogP contribution in [0.3, 0.4) is 0 Å². The summed E-state index contributed by atoms with van der Waals surface area (Å²) >= 11 is 12.6. The Hall–Kier alpha value is -3.07. The Morgan fingerprint density at radius 3 is 2.14 bits per heavy atom. The van der Waals surface area contributed by atoms with Gasteiger partial charge in [-0.3, -0.25) is 13.9 Å². The molecule has 1 N–H and O–H groups in total. The summed E-state index contributed by atoms with van der Waals surface area (Å²) in [7, 11) is -3.59. The average molecular weight is 647 g/mol. The Morgan fingerprint density at radius 1 is 0.930 bits per heavy atom. The highest BCUT2D eigenvalue weighted by atomic mass is 35.5. The molecule has 3 aromatic rings. The van der Waals surface area contributed by atoms with E-state index in [1.54, 1.807) is 35.2 Å². The summed E-state index contributed by atoms with van der Waals surface area (Å²) in [5.41, 5.74) is 2.66. The quantitative estimate of drug-likeness (QED) is 0.225. The molecule has 3 aromatic carbocycles.